The monoisotopic (exact) mass is 391 g/mol. The molecule has 8 heteroatoms. The molecule has 2 aromatic rings. The highest BCUT2D eigenvalue weighted by atomic mass is 19.4. The van der Waals surface area contributed by atoms with Gasteiger partial charge < -0.3 is 15.0 Å². The Morgan fingerprint density at radius 2 is 1.82 bits per heavy atom. The maximum atomic E-state index is 12.7. The fourth-order valence-electron chi connectivity index (χ4n) is 3.80. The third-order valence-electron chi connectivity index (χ3n) is 5.33. The van der Waals surface area contributed by atoms with Crippen molar-refractivity contribution < 1.29 is 22.7 Å². The van der Waals surface area contributed by atoms with Gasteiger partial charge in [-0.15, -0.1) is 0 Å². The summed E-state index contributed by atoms with van der Waals surface area (Å²) >= 11 is 0. The van der Waals surface area contributed by atoms with Gasteiger partial charge in [0.1, 0.15) is 11.4 Å². The van der Waals surface area contributed by atoms with Crippen molar-refractivity contribution >= 4 is 5.91 Å². The lowest BCUT2D eigenvalue weighted by atomic mass is 9.84. The highest BCUT2D eigenvalue weighted by Gasteiger charge is 2.35. The summed E-state index contributed by atoms with van der Waals surface area (Å²) in [4.78, 5) is 18.3. The molecule has 3 aliphatic heterocycles. The summed E-state index contributed by atoms with van der Waals surface area (Å²) < 4.78 is 43.6. The van der Waals surface area contributed by atoms with E-state index in [-0.39, 0.29) is 17.8 Å². The number of carbonyl (C=O) groups is 1. The SMILES string of the molecule is O=C(NC1CN2CCC1CC2)c1ccc(Oc2cccc(C(F)(F)F)n2)cc1. The summed E-state index contributed by atoms with van der Waals surface area (Å²) in [5.41, 5.74) is -0.528. The van der Waals surface area contributed by atoms with Gasteiger partial charge in [-0.1, -0.05) is 6.07 Å². The van der Waals surface area contributed by atoms with Gasteiger partial charge in [0, 0.05) is 24.2 Å². The van der Waals surface area contributed by atoms with Crippen molar-refractivity contribution in [2.45, 2.75) is 25.1 Å². The number of fused-ring (bicyclic) bond motifs is 3. The predicted octanol–water partition coefficient (Wildman–Crippen LogP) is 3.72. The Labute approximate surface area is 160 Å². The molecule has 2 bridgehead atoms. The summed E-state index contributed by atoms with van der Waals surface area (Å²) in [5.74, 6) is 0.538. The number of nitrogens with zero attached hydrogens (tertiary/aromatic N) is 2. The van der Waals surface area contributed by atoms with Gasteiger partial charge in [-0.25, -0.2) is 4.98 Å². The topological polar surface area (TPSA) is 54.5 Å². The molecule has 3 aliphatic rings. The molecule has 1 atom stereocenters. The lowest BCUT2D eigenvalue weighted by Crippen LogP contribution is -2.57. The maximum Gasteiger partial charge on any atom is 0.433 e. The quantitative estimate of drug-likeness (QED) is 0.863. The number of hydrogen-bond acceptors (Lipinski definition) is 4. The zero-order valence-corrected chi connectivity index (χ0v) is 15.1. The van der Waals surface area contributed by atoms with Gasteiger partial charge in [0.05, 0.1) is 0 Å². The first-order chi connectivity index (χ1) is 13.4. The van der Waals surface area contributed by atoms with Crippen LogP contribution in [0.25, 0.3) is 0 Å². The third kappa shape index (κ3) is 4.11. The van der Waals surface area contributed by atoms with Crippen molar-refractivity contribution in [3.05, 3.63) is 53.7 Å². The number of pyridine rings is 1. The van der Waals surface area contributed by atoms with E-state index in [9.17, 15) is 18.0 Å². The molecule has 1 unspecified atom stereocenters. The van der Waals surface area contributed by atoms with Crippen LogP contribution in [0, 0.1) is 5.92 Å². The summed E-state index contributed by atoms with van der Waals surface area (Å²) in [6.45, 7) is 3.10. The summed E-state index contributed by atoms with van der Waals surface area (Å²) in [5, 5.41) is 3.10. The number of alkyl halides is 3. The average Bonchev–Trinajstić information content (AvgIpc) is 2.69. The summed E-state index contributed by atoms with van der Waals surface area (Å²) in [6, 6.07) is 9.93. The molecule has 3 saturated heterocycles. The number of hydrogen-bond donors (Lipinski definition) is 1. The number of nitrogens with one attached hydrogen (secondary N) is 1. The zero-order chi connectivity index (χ0) is 19.7. The molecule has 1 aromatic heterocycles. The Balaban J connectivity index is 1.39. The van der Waals surface area contributed by atoms with Crippen LogP contribution in [0.1, 0.15) is 28.9 Å². The minimum atomic E-state index is -4.53. The number of piperidine rings is 3. The molecule has 5 rings (SSSR count). The summed E-state index contributed by atoms with van der Waals surface area (Å²) in [6.07, 6.45) is -2.31. The Bertz CT molecular complexity index is 847. The van der Waals surface area contributed by atoms with E-state index in [2.05, 4.69) is 15.2 Å². The number of amides is 1. The minimum absolute atomic E-state index is 0.150. The highest BCUT2D eigenvalue weighted by molar-refractivity contribution is 5.94. The normalized spacial score (nSPS) is 24.0. The van der Waals surface area contributed by atoms with E-state index in [1.807, 2.05) is 0 Å². The van der Waals surface area contributed by atoms with Crippen molar-refractivity contribution in [3.8, 4) is 11.6 Å². The van der Waals surface area contributed by atoms with Crippen LogP contribution in [0.5, 0.6) is 11.6 Å². The zero-order valence-electron chi connectivity index (χ0n) is 15.1. The second-order valence-electron chi connectivity index (χ2n) is 7.20. The molecule has 1 N–H and O–H groups in total. The molecular weight excluding hydrogens is 371 g/mol. The maximum absolute atomic E-state index is 12.7. The second-order valence-corrected chi connectivity index (χ2v) is 7.20. The number of carbonyl (C=O) groups excluding carboxylic acids is 1. The van der Waals surface area contributed by atoms with Crippen LogP contribution in [0.2, 0.25) is 0 Å². The highest BCUT2D eigenvalue weighted by Crippen LogP contribution is 2.30. The van der Waals surface area contributed by atoms with Crippen LogP contribution in [-0.4, -0.2) is 41.5 Å². The molecule has 0 spiro atoms. The first-order valence-electron chi connectivity index (χ1n) is 9.24. The Morgan fingerprint density at radius 1 is 1.11 bits per heavy atom. The molecule has 3 fully saturated rings. The number of aromatic nitrogens is 1. The standard InChI is InChI=1S/C20H20F3N3O2/c21-20(22,23)17-2-1-3-18(25-17)28-15-6-4-14(5-7-15)19(27)24-16-12-26-10-8-13(16)9-11-26/h1-7,13,16H,8-12H2,(H,24,27). The van der Waals surface area contributed by atoms with Crippen LogP contribution in [0.3, 0.4) is 0 Å². The lowest BCUT2D eigenvalue weighted by molar-refractivity contribution is -0.141. The van der Waals surface area contributed by atoms with Gasteiger partial charge in [0.2, 0.25) is 5.88 Å². The average molecular weight is 391 g/mol. The van der Waals surface area contributed by atoms with Crippen LogP contribution < -0.4 is 10.1 Å². The van der Waals surface area contributed by atoms with Crippen molar-refractivity contribution in [2.75, 3.05) is 19.6 Å². The van der Waals surface area contributed by atoms with E-state index in [0.29, 0.717) is 17.2 Å². The molecular formula is C20H20F3N3O2. The van der Waals surface area contributed by atoms with E-state index >= 15 is 0 Å². The minimum Gasteiger partial charge on any atom is -0.439 e. The van der Waals surface area contributed by atoms with Crippen molar-refractivity contribution in [2.24, 2.45) is 5.92 Å². The lowest BCUT2D eigenvalue weighted by Gasteiger charge is -2.44. The van der Waals surface area contributed by atoms with Crippen LogP contribution in [0.15, 0.2) is 42.5 Å². The van der Waals surface area contributed by atoms with Crippen LogP contribution >= 0.6 is 0 Å². The molecule has 5 nitrogen and oxygen atoms in total. The fraction of sp³-hybridized carbons (Fsp3) is 0.400. The number of halogens is 3. The van der Waals surface area contributed by atoms with Gasteiger partial charge in [-0.05, 0) is 62.2 Å². The first kappa shape index (κ1) is 18.7. The van der Waals surface area contributed by atoms with Gasteiger partial charge in [-0.3, -0.25) is 4.79 Å². The molecule has 28 heavy (non-hydrogen) atoms. The number of rotatable bonds is 4. The van der Waals surface area contributed by atoms with E-state index in [0.717, 1.165) is 38.5 Å². The molecule has 148 valence electrons. The molecule has 1 aromatic carbocycles. The van der Waals surface area contributed by atoms with E-state index in [1.54, 1.807) is 24.3 Å². The van der Waals surface area contributed by atoms with E-state index in [4.69, 9.17) is 4.74 Å². The van der Waals surface area contributed by atoms with Gasteiger partial charge in [-0.2, -0.15) is 13.2 Å². The molecule has 0 saturated carbocycles. The number of ether oxygens (including phenoxy) is 1. The first-order valence-corrected chi connectivity index (χ1v) is 9.24. The van der Waals surface area contributed by atoms with Crippen molar-refractivity contribution in [1.29, 1.82) is 0 Å². The third-order valence-corrected chi connectivity index (χ3v) is 5.33. The molecule has 1 amide bonds. The van der Waals surface area contributed by atoms with Crippen molar-refractivity contribution in [3.63, 3.8) is 0 Å². The van der Waals surface area contributed by atoms with E-state index < -0.39 is 11.9 Å². The van der Waals surface area contributed by atoms with Gasteiger partial charge in [0.25, 0.3) is 5.91 Å². The Morgan fingerprint density at radius 3 is 2.43 bits per heavy atom. The predicted molar refractivity (Wildman–Crippen MR) is 96.2 cm³/mol. The smallest absolute Gasteiger partial charge is 0.433 e. The fourth-order valence-corrected chi connectivity index (χ4v) is 3.80. The molecule has 4 heterocycles. The molecule has 0 aliphatic carbocycles. The van der Waals surface area contributed by atoms with Crippen LogP contribution in [-0.2, 0) is 6.18 Å². The Hall–Kier alpha value is -2.61. The molecule has 0 radical (unpaired) electrons. The van der Waals surface area contributed by atoms with Gasteiger partial charge >= 0.3 is 6.18 Å². The largest absolute Gasteiger partial charge is 0.439 e. The van der Waals surface area contributed by atoms with Crippen LogP contribution in [0.4, 0.5) is 13.2 Å². The summed E-state index contributed by atoms with van der Waals surface area (Å²) in [7, 11) is 0. The van der Waals surface area contributed by atoms with Gasteiger partial charge in [0.15, 0.2) is 0 Å². The number of benzene rings is 1. The Kier molecular flexibility index (Phi) is 4.97. The van der Waals surface area contributed by atoms with E-state index in [1.165, 1.54) is 12.1 Å². The second kappa shape index (κ2) is 7.43. The van der Waals surface area contributed by atoms with Crippen molar-refractivity contribution in [1.82, 2.24) is 15.2 Å².